The molecule has 0 amide bonds. The fourth-order valence-corrected chi connectivity index (χ4v) is 2.53. The predicted octanol–water partition coefficient (Wildman–Crippen LogP) is 6.52. The molecular formula is C20H31. The van der Waals surface area contributed by atoms with Crippen molar-refractivity contribution in [3.63, 3.8) is 0 Å². The van der Waals surface area contributed by atoms with E-state index in [9.17, 15) is 0 Å². The first-order valence-corrected chi connectivity index (χ1v) is 8.41. The van der Waals surface area contributed by atoms with Gasteiger partial charge in [0.2, 0.25) is 0 Å². The highest BCUT2D eigenvalue weighted by Crippen LogP contribution is 2.12. The summed E-state index contributed by atoms with van der Waals surface area (Å²) in [6.45, 7) is 3.80. The van der Waals surface area contributed by atoms with E-state index in [4.69, 9.17) is 0 Å². The zero-order valence-electron chi connectivity index (χ0n) is 13.0. The first-order chi connectivity index (χ1) is 9.93. The fourth-order valence-electron chi connectivity index (χ4n) is 2.53. The molecule has 0 heterocycles. The van der Waals surface area contributed by atoms with Gasteiger partial charge in [0.25, 0.3) is 0 Å². The average Bonchev–Trinajstić information content (AvgIpc) is 2.49. The summed E-state index contributed by atoms with van der Waals surface area (Å²) in [5.74, 6) is 0. The number of allylic oxidation sites excluding steroid dienone is 2. The molecular weight excluding hydrogens is 240 g/mol. The van der Waals surface area contributed by atoms with Gasteiger partial charge in [0, 0.05) is 0 Å². The standard InChI is InChI=1S/C20H31/c1-2-3-4-5-6-7-8-9-10-11-12-14-17-20-18-15-13-16-19-20/h3-4,13,15-16,18-19H,1-2,5-12,14,17H2. The Labute approximate surface area is 126 Å². The van der Waals surface area contributed by atoms with E-state index in [1.807, 2.05) is 0 Å². The second kappa shape index (κ2) is 13.0. The van der Waals surface area contributed by atoms with Crippen LogP contribution in [0.25, 0.3) is 0 Å². The van der Waals surface area contributed by atoms with Gasteiger partial charge in [0.05, 0.1) is 0 Å². The zero-order chi connectivity index (χ0) is 14.3. The maximum absolute atomic E-state index is 3.80. The zero-order valence-corrected chi connectivity index (χ0v) is 13.0. The number of hydrogen-bond acceptors (Lipinski definition) is 0. The monoisotopic (exact) mass is 271 g/mol. The van der Waals surface area contributed by atoms with Gasteiger partial charge in [0.15, 0.2) is 0 Å². The van der Waals surface area contributed by atoms with Crippen molar-refractivity contribution in [2.75, 3.05) is 0 Å². The van der Waals surface area contributed by atoms with Crippen molar-refractivity contribution in [3.8, 4) is 0 Å². The molecule has 1 aromatic carbocycles. The van der Waals surface area contributed by atoms with Gasteiger partial charge >= 0.3 is 0 Å². The molecule has 1 rings (SSSR count). The van der Waals surface area contributed by atoms with Gasteiger partial charge < -0.3 is 0 Å². The molecule has 0 nitrogen and oxygen atoms in total. The lowest BCUT2D eigenvalue weighted by Crippen LogP contribution is -1.86. The highest BCUT2D eigenvalue weighted by atomic mass is 14.0. The Balaban J connectivity index is 1.80. The number of hydrogen-bond donors (Lipinski definition) is 0. The Morgan fingerprint density at radius 1 is 0.700 bits per heavy atom. The maximum atomic E-state index is 3.80. The van der Waals surface area contributed by atoms with Gasteiger partial charge in [-0.25, -0.2) is 0 Å². The summed E-state index contributed by atoms with van der Waals surface area (Å²) >= 11 is 0. The normalized spacial score (nSPS) is 11.2. The lowest BCUT2D eigenvalue weighted by Gasteiger charge is -2.02. The Morgan fingerprint density at radius 2 is 1.30 bits per heavy atom. The molecule has 0 saturated carbocycles. The molecule has 0 aliphatic carbocycles. The molecule has 0 N–H and O–H groups in total. The van der Waals surface area contributed by atoms with Crippen molar-refractivity contribution >= 4 is 0 Å². The van der Waals surface area contributed by atoms with E-state index in [0.717, 1.165) is 6.42 Å². The quantitative estimate of drug-likeness (QED) is 0.300. The molecule has 0 bridgehead atoms. The van der Waals surface area contributed by atoms with E-state index in [2.05, 4.69) is 49.4 Å². The Hall–Kier alpha value is -1.04. The summed E-state index contributed by atoms with van der Waals surface area (Å²) in [7, 11) is 0. The second-order valence-corrected chi connectivity index (χ2v) is 5.61. The van der Waals surface area contributed by atoms with E-state index in [0.29, 0.717) is 0 Å². The number of aryl methyl sites for hydroxylation is 1. The smallest absolute Gasteiger partial charge is 0.0279 e. The van der Waals surface area contributed by atoms with Crippen LogP contribution >= 0.6 is 0 Å². The third-order valence-electron chi connectivity index (χ3n) is 3.76. The van der Waals surface area contributed by atoms with Crippen molar-refractivity contribution in [2.24, 2.45) is 0 Å². The third-order valence-corrected chi connectivity index (χ3v) is 3.76. The highest BCUT2D eigenvalue weighted by Gasteiger charge is 1.94. The predicted molar refractivity (Wildman–Crippen MR) is 90.8 cm³/mol. The van der Waals surface area contributed by atoms with Crippen molar-refractivity contribution in [3.05, 3.63) is 55.0 Å². The molecule has 0 aliphatic rings. The van der Waals surface area contributed by atoms with Crippen LogP contribution in [-0.4, -0.2) is 0 Å². The van der Waals surface area contributed by atoms with E-state index in [1.165, 1.54) is 69.8 Å². The molecule has 0 atom stereocenters. The van der Waals surface area contributed by atoms with Gasteiger partial charge in [-0.05, 0) is 44.6 Å². The minimum Gasteiger partial charge on any atom is -0.0885 e. The van der Waals surface area contributed by atoms with Crippen LogP contribution in [0.5, 0.6) is 0 Å². The first kappa shape index (κ1) is 17.0. The van der Waals surface area contributed by atoms with Crippen LogP contribution in [0, 0.1) is 6.92 Å². The largest absolute Gasteiger partial charge is 0.0885 e. The Bertz CT molecular complexity index is 323. The average molecular weight is 271 g/mol. The number of benzene rings is 1. The molecule has 0 saturated heterocycles. The molecule has 1 aromatic rings. The summed E-state index contributed by atoms with van der Waals surface area (Å²) in [5, 5.41) is 0. The van der Waals surface area contributed by atoms with Crippen LogP contribution in [0.1, 0.15) is 69.8 Å². The van der Waals surface area contributed by atoms with E-state index in [1.54, 1.807) is 0 Å². The summed E-state index contributed by atoms with van der Waals surface area (Å²) in [5.41, 5.74) is 1.49. The Kier molecular flexibility index (Phi) is 11.0. The van der Waals surface area contributed by atoms with Crippen LogP contribution in [0.4, 0.5) is 0 Å². The second-order valence-electron chi connectivity index (χ2n) is 5.61. The van der Waals surface area contributed by atoms with Gasteiger partial charge in [-0.2, -0.15) is 0 Å². The van der Waals surface area contributed by atoms with E-state index >= 15 is 0 Å². The van der Waals surface area contributed by atoms with Crippen molar-refractivity contribution < 1.29 is 0 Å². The summed E-state index contributed by atoms with van der Waals surface area (Å²) < 4.78 is 0. The number of rotatable bonds is 12. The van der Waals surface area contributed by atoms with Gasteiger partial charge in [0.1, 0.15) is 0 Å². The third kappa shape index (κ3) is 9.83. The van der Waals surface area contributed by atoms with Crippen LogP contribution in [0.3, 0.4) is 0 Å². The maximum Gasteiger partial charge on any atom is -0.0279 e. The van der Waals surface area contributed by atoms with Crippen LogP contribution in [0.15, 0.2) is 42.5 Å². The van der Waals surface area contributed by atoms with Crippen LogP contribution in [0.2, 0.25) is 0 Å². The molecule has 0 aliphatic heterocycles. The molecule has 1 radical (unpaired) electrons. The molecule has 20 heavy (non-hydrogen) atoms. The van der Waals surface area contributed by atoms with Crippen molar-refractivity contribution in [1.29, 1.82) is 0 Å². The van der Waals surface area contributed by atoms with Crippen molar-refractivity contribution in [1.82, 2.24) is 0 Å². The molecule has 0 fully saturated rings. The van der Waals surface area contributed by atoms with Gasteiger partial charge in [-0.3, -0.25) is 0 Å². The van der Waals surface area contributed by atoms with Crippen LogP contribution < -0.4 is 0 Å². The lowest BCUT2D eigenvalue weighted by atomic mass is 10.0. The minimum atomic E-state index is 0.934. The molecule has 0 unspecified atom stereocenters. The summed E-state index contributed by atoms with van der Waals surface area (Å²) in [4.78, 5) is 0. The highest BCUT2D eigenvalue weighted by molar-refractivity contribution is 5.14. The molecule has 0 spiro atoms. The topological polar surface area (TPSA) is 0 Å². The SMILES string of the molecule is [CH2]CC=CCCCCCCCCCCc1ccccc1. The number of unbranched alkanes of at least 4 members (excludes halogenated alkanes) is 8. The molecule has 111 valence electrons. The lowest BCUT2D eigenvalue weighted by molar-refractivity contribution is 0.569. The van der Waals surface area contributed by atoms with E-state index in [-0.39, 0.29) is 0 Å². The van der Waals surface area contributed by atoms with Crippen molar-refractivity contribution in [2.45, 2.75) is 70.6 Å². The van der Waals surface area contributed by atoms with Gasteiger partial charge in [-0.1, -0.05) is 81.0 Å². The Morgan fingerprint density at radius 3 is 1.95 bits per heavy atom. The van der Waals surface area contributed by atoms with E-state index < -0.39 is 0 Å². The first-order valence-electron chi connectivity index (χ1n) is 8.41. The minimum absolute atomic E-state index is 0.934. The van der Waals surface area contributed by atoms with Crippen LogP contribution in [-0.2, 0) is 6.42 Å². The summed E-state index contributed by atoms with van der Waals surface area (Å²) in [6.07, 6.45) is 19.0. The summed E-state index contributed by atoms with van der Waals surface area (Å²) in [6, 6.07) is 10.9. The molecule has 0 aromatic heterocycles. The van der Waals surface area contributed by atoms with Gasteiger partial charge in [-0.15, -0.1) is 0 Å². The fraction of sp³-hybridized carbons (Fsp3) is 0.550. The molecule has 0 heteroatoms.